The summed E-state index contributed by atoms with van der Waals surface area (Å²) < 4.78 is 11.7. The molecule has 0 N–H and O–H groups in total. The quantitative estimate of drug-likeness (QED) is 0.458. The van der Waals surface area contributed by atoms with Gasteiger partial charge in [-0.1, -0.05) is 30.3 Å². The highest BCUT2D eigenvalue weighted by atomic mass is 79.9. The van der Waals surface area contributed by atoms with Gasteiger partial charge in [0.1, 0.15) is 0 Å². The van der Waals surface area contributed by atoms with Crippen LogP contribution in [0.4, 0.5) is 0 Å². The smallest absolute Gasteiger partial charge is 0.331 e. The van der Waals surface area contributed by atoms with E-state index in [0.29, 0.717) is 11.7 Å². The van der Waals surface area contributed by atoms with Gasteiger partial charge in [0.15, 0.2) is 12.4 Å². The van der Waals surface area contributed by atoms with E-state index in [4.69, 9.17) is 9.15 Å². The molecule has 4 nitrogen and oxygen atoms in total. The van der Waals surface area contributed by atoms with Crippen LogP contribution in [-0.4, -0.2) is 11.0 Å². The van der Waals surface area contributed by atoms with Crippen LogP contribution in [0.2, 0.25) is 0 Å². The van der Waals surface area contributed by atoms with Crippen molar-refractivity contribution >= 4 is 39.3 Å². The molecule has 0 spiro atoms. The number of hydrogen-bond acceptors (Lipinski definition) is 5. The van der Waals surface area contributed by atoms with Gasteiger partial charge in [-0.2, -0.15) is 0 Å². The second-order valence-corrected chi connectivity index (χ2v) is 7.06. The lowest BCUT2D eigenvalue weighted by Gasteiger charge is -1.98. The van der Waals surface area contributed by atoms with Gasteiger partial charge in [-0.25, -0.2) is 9.78 Å². The molecule has 116 valence electrons. The number of esters is 1. The number of carbonyl (C=O) groups is 1. The summed E-state index contributed by atoms with van der Waals surface area (Å²) in [6.07, 6.45) is 4.72. The van der Waals surface area contributed by atoms with Crippen LogP contribution in [0.25, 0.3) is 17.4 Å². The monoisotopic (exact) mass is 389 g/mol. The molecule has 1 aromatic carbocycles. The number of ether oxygens (including phenoxy) is 1. The van der Waals surface area contributed by atoms with Gasteiger partial charge in [0.05, 0.1) is 9.98 Å². The molecular formula is C17H12BrNO3S. The van der Waals surface area contributed by atoms with Crippen molar-refractivity contribution in [2.24, 2.45) is 0 Å². The van der Waals surface area contributed by atoms with E-state index in [1.807, 2.05) is 42.5 Å². The predicted octanol–water partition coefficient (Wildman–Crippen LogP) is 4.92. The highest BCUT2D eigenvalue weighted by molar-refractivity contribution is 9.11. The Balaban J connectivity index is 1.55. The van der Waals surface area contributed by atoms with Crippen LogP contribution in [0.5, 0.6) is 0 Å². The molecule has 0 aliphatic heterocycles. The maximum Gasteiger partial charge on any atom is 0.331 e. The van der Waals surface area contributed by atoms with Crippen molar-refractivity contribution in [1.29, 1.82) is 0 Å². The average Bonchev–Trinajstić information content (AvgIpc) is 3.21. The third kappa shape index (κ3) is 4.40. The molecular weight excluding hydrogens is 378 g/mol. The Morgan fingerprint density at radius 1 is 1.26 bits per heavy atom. The summed E-state index contributed by atoms with van der Waals surface area (Å²) in [5.74, 6) is 0.578. The van der Waals surface area contributed by atoms with E-state index in [0.717, 1.165) is 14.2 Å². The molecule has 0 fully saturated rings. The summed E-state index contributed by atoms with van der Waals surface area (Å²) in [6.45, 7) is 0.00411. The molecule has 0 radical (unpaired) electrons. The van der Waals surface area contributed by atoms with Crippen molar-refractivity contribution in [3.63, 3.8) is 0 Å². The van der Waals surface area contributed by atoms with Crippen molar-refractivity contribution in [3.8, 4) is 11.3 Å². The topological polar surface area (TPSA) is 52.3 Å². The van der Waals surface area contributed by atoms with Crippen LogP contribution in [-0.2, 0) is 16.1 Å². The Morgan fingerprint density at radius 3 is 2.83 bits per heavy atom. The summed E-state index contributed by atoms with van der Waals surface area (Å²) in [5, 5.41) is 0. The van der Waals surface area contributed by atoms with E-state index in [1.165, 1.54) is 17.4 Å². The van der Waals surface area contributed by atoms with Crippen LogP contribution in [0.15, 0.2) is 62.9 Å². The largest absolute Gasteiger partial charge is 0.453 e. The standard InChI is InChI=1S/C17H12BrNO3S/c18-15-8-6-13(23-15)7-9-17(20)21-11-16-19-10-14(22-16)12-4-2-1-3-5-12/h1-10H,11H2/b9-7+. The van der Waals surface area contributed by atoms with Gasteiger partial charge in [-0.05, 0) is 34.1 Å². The number of halogens is 1. The highest BCUT2D eigenvalue weighted by Crippen LogP contribution is 2.23. The number of rotatable bonds is 5. The van der Waals surface area contributed by atoms with Gasteiger partial charge in [-0.3, -0.25) is 0 Å². The zero-order valence-electron chi connectivity index (χ0n) is 11.9. The molecule has 0 aliphatic carbocycles. The van der Waals surface area contributed by atoms with Crippen molar-refractivity contribution in [2.45, 2.75) is 6.61 Å². The minimum absolute atomic E-state index is 0.00411. The van der Waals surface area contributed by atoms with Crippen LogP contribution >= 0.6 is 27.3 Å². The molecule has 3 rings (SSSR count). The number of oxazole rings is 1. The Labute approximate surface area is 145 Å². The van der Waals surface area contributed by atoms with E-state index in [9.17, 15) is 4.79 Å². The minimum atomic E-state index is -0.436. The first kappa shape index (κ1) is 15.7. The van der Waals surface area contributed by atoms with E-state index < -0.39 is 5.97 Å². The molecule has 0 amide bonds. The maximum absolute atomic E-state index is 11.7. The first-order valence-corrected chi connectivity index (χ1v) is 8.42. The summed E-state index contributed by atoms with van der Waals surface area (Å²) >= 11 is 4.91. The fourth-order valence-corrected chi connectivity index (χ4v) is 3.19. The molecule has 23 heavy (non-hydrogen) atoms. The van der Waals surface area contributed by atoms with Gasteiger partial charge < -0.3 is 9.15 Å². The highest BCUT2D eigenvalue weighted by Gasteiger charge is 2.07. The van der Waals surface area contributed by atoms with E-state index in [-0.39, 0.29) is 6.61 Å². The summed E-state index contributed by atoms with van der Waals surface area (Å²) in [7, 11) is 0. The van der Waals surface area contributed by atoms with Crippen molar-refractivity contribution in [2.75, 3.05) is 0 Å². The van der Waals surface area contributed by atoms with Crippen LogP contribution in [0.1, 0.15) is 10.8 Å². The first-order valence-electron chi connectivity index (χ1n) is 6.81. The Morgan fingerprint density at radius 2 is 2.09 bits per heavy atom. The maximum atomic E-state index is 11.7. The van der Waals surface area contributed by atoms with Crippen LogP contribution < -0.4 is 0 Å². The molecule has 0 saturated carbocycles. The zero-order chi connectivity index (χ0) is 16.1. The lowest BCUT2D eigenvalue weighted by Crippen LogP contribution is -2.00. The molecule has 0 bridgehead atoms. The molecule has 2 aromatic heterocycles. The second kappa shape index (κ2) is 7.39. The number of benzene rings is 1. The van der Waals surface area contributed by atoms with Gasteiger partial charge in [-0.15, -0.1) is 11.3 Å². The number of thiophene rings is 1. The molecule has 0 atom stereocenters. The van der Waals surface area contributed by atoms with Gasteiger partial charge in [0.2, 0.25) is 5.89 Å². The van der Waals surface area contributed by atoms with Gasteiger partial charge in [0.25, 0.3) is 0 Å². The number of aromatic nitrogens is 1. The van der Waals surface area contributed by atoms with Crippen molar-refractivity contribution in [1.82, 2.24) is 4.98 Å². The average molecular weight is 390 g/mol. The number of carbonyl (C=O) groups excluding carboxylic acids is 1. The first-order chi connectivity index (χ1) is 11.2. The third-order valence-electron chi connectivity index (χ3n) is 2.93. The Kier molecular flexibility index (Phi) is 5.05. The third-order valence-corrected chi connectivity index (χ3v) is 4.52. The summed E-state index contributed by atoms with van der Waals surface area (Å²) in [4.78, 5) is 16.8. The SMILES string of the molecule is O=C(/C=C/c1ccc(Br)s1)OCc1ncc(-c2ccccc2)o1. The molecule has 0 saturated heterocycles. The molecule has 0 aliphatic rings. The molecule has 0 unspecified atom stereocenters. The molecule has 6 heteroatoms. The normalized spacial score (nSPS) is 11.0. The summed E-state index contributed by atoms with van der Waals surface area (Å²) in [5.41, 5.74) is 0.931. The Hall–Kier alpha value is -2.18. The van der Waals surface area contributed by atoms with Crippen LogP contribution in [0.3, 0.4) is 0 Å². The predicted molar refractivity (Wildman–Crippen MR) is 92.8 cm³/mol. The number of nitrogens with zero attached hydrogens (tertiary/aromatic N) is 1. The molecule has 3 aromatic rings. The van der Waals surface area contributed by atoms with Crippen molar-refractivity contribution < 1.29 is 13.9 Å². The fraction of sp³-hybridized carbons (Fsp3) is 0.0588. The van der Waals surface area contributed by atoms with Gasteiger partial charge in [0, 0.05) is 16.5 Å². The van der Waals surface area contributed by atoms with Crippen molar-refractivity contribution in [3.05, 3.63) is 69.3 Å². The minimum Gasteiger partial charge on any atom is -0.453 e. The zero-order valence-corrected chi connectivity index (χ0v) is 14.3. The second-order valence-electron chi connectivity index (χ2n) is 4.57. The summed E-state index contributed by atoms with van der Waals surface area (Å²) in [6, 6.07) is 13.5. The lowest BCUT2D eigenvalue weighted by atomic mass is 10.2. The van der Waals surface area contributed by atoms with E-state index >= 15 is 0 Å². The Bertz CT molecular complexity index is 823. The fourth-order valence-electron chi connectivity index (χ4n) is 1.86. The molecule has 2 heterocycles. The van der Waals surface area contributed by atoms with Gasteiger partial charge >= 0.3 is 5.97 Å². The number of hydrogen-bond donors (Lipinski definition) is 0. The lowest BCUT2D eigenvalue weighted by molar-refractivity contribution is -0.139. The van der Waals surface area contributed by atoms with Crippen LogP contribution in [0, 0.1) is 0 Å². The van der Waals surface area contributed by atoms with E-state index in [2.05, 4.69) is 20.9 Å². The van der Waals surface area contributed by atoms with E-state index in [1.54, 1.807) is 12.3 Å².